The Labute approximate surface area is 159 Å². The first-order valence-electron chi connectivity index (χ1n) is 7.42. The van der Waals surface area contributed by atoms with Gasteiger partial charge in [-0.15, -0.1) is 11.3 Å². The highest BCUT2D eigenvalue weighted by Gasteiger charge is 2.26. The summed E-state index contributed by atoms with van der Waals surface area (Å²) >= 11 is 4.51. The lowest BCUT2D eigenvalue weighted by Gasteiger charge is -2.27. The number of hydrogen-bond donors (Lipinski definition) is 1. The van der Waals surface area contributed by atoms with E-state index >= 15 is 0 Å². The maximum Gasteiger partial charge on any atom is 0.407 e. The largest absolute Gasteiger partial charge is 0.465 e. The Hall–Kier alpha value is -1.45. The highest BCUT2D eigenvalue weighted by atomic mass is 79.9. The van der Waals surface area contributed by atoms with E-state index in [0.29, 0.717) is 15.2 Å². The van der Waals surface area contributed by atoms with E-state index in [9.17, 15) is 18.3 Å². The van der Waals surface area contributed by atoms with Crippen molar-refractivity contribution >= 4 is 43.2 Å². The first-order valence-corrected chi connectivity index (χ1v) is 10.5. The molecule has 0 atom stereocenters. The normalized spacial score (nSPS) is 12.2. The summed E-state index contributed by atoms with van der Waals surface area (Å²) in [5.74, 6) is 0. The molecule has 0 bridgehead atoms. The number of pyridine rings is 1. The smallest absolute Gasteiger partial charge is 0.407 e. The van der Waals surface area contributed by atoms with Gasteiger partial charge in [-0.3, -0.25) is 4.98 Å². The van der Waals surface area contributed by atoms with Gasteiger partial charge in [-0.2, -0.15) is 0 Å². The number of hydrogen-bond acceptors (Lipinski definition) is 5. The molecule has 0 saturated heterocycles. The van der Waals surface area contributed by atoms with Gasteiger partial charge in [0.25, 0.3) is 0 Å². The average molecular weight is 447 g/mol. The van der Waals surface area contributed by atoms with E-state index in [4.69, 9.17) is 0 Å². The molecule has 0 unspecified atom stereocenters. The standard InChI is InChI=1S/C16H19BrN2O4S2/c1-16(2,3)10-19(15(20)21)9-11-7-13(14(17)24-11)25(22,23)12-5-4-6-18-8-12/h4-8H,9-10H2,1-3H3,(H,20,21). The van der Waals surface area contributed by atoms with E-state index in [2.05, 4.69) is 20.9 Å². The Morgan fingerprint density at radius 1 is 1.40 bits per heavy atom. The summed E-state index contributed by atoms with van der Waals surface area (Å²) < 4.78 is 25.9. The number of amides is 1. The molecule has 136 valence electrons. The van der Waals surface area contributed by atoms with Crippen LogP contribution in [0.5, 0.6) is 0 Å². The summed E-state index contributed by atoms with van der Waals surface area (Å²) in [6.07, 6.45) is 1.77. The molecule has 2 aromatic heterocycles. The Morgan fingerprint density at radius 3 is 2.60 bits per heavy atom. The Bertz CT molecular complexity index is 858. The minimum Gasteiger partial charge on any atom is -0.465 e. The van der Waals surface area contributed by atoms with Crippen LogP contribution in [0.4, 0.5) is 4.79 Å². The fourth-order valence-corrected chi connectivity index (χ4v) is 6.16. The maximum absolute atomic E-state index is 12.7. The highest BCUT2D eigenvalue weighted by Crippen LogP contribution is 2.35. The topological polar surface area (TPSA) is 87.6 Å². The van der Waals surface area contributed by atoms with Gasteiger partial charge in [0.1, 0.15) is 0 Å². The van der Waals surface area contributed by atoms with Crippen LogP contribution >= 0.6 is 27.3 Å². The van der Waals surface area contributed by atoms with E-state index < -0.39 is 15.9 Å². The number of sulfone groups is 1. The zero-order valence-electron chi connectivity index (χ0n) is 14.1. The third-order valence-electron chi connectivity index (χ3n) is 3.22. The fraction of sp³-hybridized carbons (Fsp3) is 0.375. The van der Waals surface area contributed by atoms with Crippen molar-refractivity contribution < 1.29 is 18.3 Å². The van der Waals surface area contributed by atoms with Gasteiger partial charge in [-0.1, -0.05) is 20.8 Å². The monoisotopic (exact) mass is 446 g/mol. The first kappa shape index (κ1) is 19.9. The number of carboxylic acid groups (broad SMARTS) is 1. The van der Waals surface area contributed by atoms with E-state index in [0.717, 1.165) is 0 Å². The fourth-order valence-electron chi connectivity index (χ4n) is 2.24. The van der Waals surface area contributed by atoms with Gasteiger partial charge in [0.05, 0.1) is 20.1 Å². The molecule has 2 rings (SSSR count). The molecule has 2 heterocycles. The van der Waals surface area contributed by atoms with Gasteiger partial charge in [-0.25, -0.2) is 13.2 Å². The predicted octanol–water partition coefficient (Wildman–Crippen LogP) is 4.26. The van der Waals surface area contributed by atoms with E-state index in [1.54, 1.807) is 6.07 Å². The van der Waals surface area contributed by atoms with E-state index in [-0.39, 0.29) is 21.8 Å². The summed E-state index contributed by atoms with van der Waals surface area (Å²) in [4.78, 5) is 17.5. The molecular formula is C16H19BrN2O4S2. The molecule has 2 aromatic rings. The lowest BCUT2D eigenvalue weighted by Crippen LogP contribution is -2.36. The van der Waals surface area contributed by atoms with Crippen LogP contribution in [0.15, 0.2) is 44.2 Å². The van der Waals surface area contributed by atoms with Crippen molar-refractivity contribution in [3.8, 4) is 0 Å². The van der Waals surface area contributed by atoms with Gasteiger partial charge < -0.3 is 10.0 Å². The van der Waals surface area contributed by atoms with Crippen LogP contribution < -0.4 is 0 Å². The predicted molar refractivity (Wildman–Crippen MR) is 99.6 cm³/mol. The molecule has 0 aliphatic rings. The SMILES string of the molecule is CC(C)(C)CN(Cc1cc(S(=O)(=O)c2cccnc2)c(Br)s1)C(=O)O. The van der Waals surface area contributed by atoms with Crippen molar-refractivity contribution in [3.05, 3.63) is 39.3 Å². The summed E-state index contributed by atoms with van der Waals surface area (Å²) in [6.45, 7) is 6.34. The second-order valence-corrected chi connectivity index (χ2v) is 11.1. The van der Waals surface area contributed by atoms with Crippen molar-refractivity contribution in [1.82, 2.24) is 9.88 Å². The quantitative estimate of drug-likeness (QED) is 0.740. The summed E-state index contributed by atoms with van der Waals surface area (Å²) in [6, 6.07) is 4.56. The van der Waals surface area contributed by atoms with Crippen LogP contribution in [-0.4, -0.2) is 36.0 Å². The molecule has 6 nitrogen and oxygen atoms in total. The number of thiophene rings is 1. The number of aromatic nitrogens is 1. The lowest BCUT2D eigenvalue weighted by atomic mass is 9.96. The molecule has 0 saturated carbocycles. The minimum atomic E-state index is -3.70. The van der Waals surface area contributed by atoms with Gasteiger partial charge in [0.15, 0.2) is 0 Å². The first-order chi connectivity index (χ1) is 11.5. The van der Waals surface area contributed by atoms with Crippen LogP contribution in [-0.2, 0) is 16.4 Å². The molecule has 25 heavy (non-hydrogen) atoms. The molecule has 0 spiro atoms. The van der Waals surface area contributed by atoms with E-state index in [1.807, 2.05) is 20.8 Å². The molecule has 0 aliphatic carbocycles. The molecule has 1 amide bonds. The molecule has 0 aromatic carbocycles. The molecular weight excluding hydrogens is 428 g/mol. The van der Waals surface area contributed by atoms with Crippen LogP contribution in [0, 0.1) is 5.41 Å². The van der Waals surface area contributed by atoms with Gasteiger partial charge in [-0.05, 0) is 39.5 Å². The molecule has 1 N–H and O–H groups in total. The van der Waals surface area contributed by atoms with Crippen LogP contribution in [0.1, 0.15) is 25.6 Å². The summed E-state index contributed by atoms with van der Waals surface area (Å²) in [5.41, 5.74) is -0.197. The second kappa shape index (κ2) is 7.43. The number of carbonyl (C=O) groups is 1. The minimum absolute atomic E-state index is 0.102. The summed E-state index contributed by atoms with van der Waals surface area (Å²) in [5, 5.41) is 9.40. The molecule has 9 heteroatoms. The van der Waals surface area contributed by atoms with Crippen molar-refractivity contribution in [3.63, 3.8) is 0 Å². The Balaban J connectivity index is 2.32. The number of halogens is 1. The summed E-state index contributed by atoms with van der Waals surface area (Å²) in [7, 11) is -3.70. The third kappa shape index (κ3) is 5.02. The van der Waals surface area contributed by atoms with Gasteiger partial charge in [0.2, 0.25) is 9.84 Å². The van der Waals surface area contributed by atoms with Gasteiger partial charge >= 0.3 is 6.09 Å². The van der Waals surface area contributed by atoms with Crippen molar-refractivity contribution in [2.24, 2.45) is 5.41 Å². The van der Waals surface area contributed by atoms with Crippen molar-refractivity contribution in [2.45, 2.75) is 37.1 Å². The molecule has 0 radical (unpaired) electrons. The van der Waals surface area contributed by atoms with Crippen LogP contribution in [0.2, 0.25) is 0 Å². The molecule has 0 aliphatic heterocycles. The zero-order valence-corrected chi connectivity index (χ0v) is 17.3. The average Bonchev–Trinajstić information content (AvgIpc) is 2.87. The zero-order chi connectivity index (χ0) is 18.8. The number of nitrogens with zero attached hydrogens (tertiary/aromatic N) is 2. The van der Waals surface area contributed by atoms with Crippen LogP contribution in [0.25, 0.3) is 0 Å². The second-order valence-electron chi connectivity index (χ2n) is 6.74. The highest BCUT2D eigenvalue weighted by molar-refractivity contribution is 9.11. The Morgan fingerprint density at radius 2 is 2.08 bits per heavy atom. The third-order valence-corrected chi connectivity index (χ3v) is 7.20. The number of rotatable bonds is 5. The Kier molecular flexibility index (Phi) is 5.90. The maximum atomic E-state index is 12.7. The van der Waals surface area contributed by atoms with E-state index in [1.165, 1.54) is 40.8 Å². The van der Waals surface area contributed by atoms with Crippen molar-refractivity contribution in [2.75, 3.05) is 6.54 Å². The van der Waals surface area contributed by atoms with Crippen molar-refractivity contribution in [1.29, 1.82) is 0 Å². The molecule has 0 fully saturated rings. The van der Waals surface area contributed by atoms with Gasteiger partial charge in [0, 0.05) is 23.8 Å². The lowest BCUT2D eigenvalue weighted by molar-refractivity contribution is 0.123. The van der Waals surface area contributed by atoms with Crippen LogP contribution in [0.3, 0.4) is 0 Å².